The second kappa shape index (κ2) is 8.79. The molecule has 1 aliphatic rings. The molecule has 1 saturated heterocycles. The molecular weight excluding hydrogens is 268 g/mol. The maximum absolute atomic E-state index is 12.4. The molecular formula is C15H26N4O2. The van der Waals surface area contributed by atoms with Crippen LogP contribution in [-0.4, -0.2) is 53.7 Å². The van der Waals surface area contributed by atoms with Crippen molar-refractivity contribution in [3.63, 3.8) is 0 Å². The molecule has 0 unspecified atom stereocenters. The summed E-state index contributed by atoms with van der Waals surface area (Å²) in [5.74, 6) is 1.10. The molecule has 1 N–H and O–H groups in total. The zero-order valence-corrected chi connectivity index (χ0v) is 12.9. The fourth-order valence-electron chi connectivity index (χ4n) is 2.59. The van der Waals surface area contributed by atoms with Gasteiger partial charge < -0.3 is 19.5 Å². The Hall–Kier alpha value is -1.40. The van der Waals surface area contributed by atoms with E-state index in [-0.39, 0.29) is 5.91 Å². The third-order valence-corrected chi connectivity index (χ3v) is 3.83. The number of likely N-dealkylation sites (tertiary alicyclic amines) is 1. The van der Waals surface area contributed by atoms with Crippen molar-refractivity contribution in [2.24, 2.45) is 0 Å². The fraction of sp³-hybridized carbons (Fsp3) is 0.733. The van der Waals surface area contributed by atoms with Gasteiger partial charge in [-0.3, -0.25) is 4.79 Å². The van der Waals surface area contributed by atoms with Crippen LogP contribution in [0, 0.1) is 0 Å². The van der Waals surface area contributed by atoms with Gasteiger partial charge in [0, 0.05) is 39.1 Å². The van der Waals surface area contributed by atoms with Crippen LogP contribution < -0.4 is 5.32 Å². The molecule has 1 aliphatic heterocycles. The average molecular weight is 294 g/mol. The molecule has 6 heteroatoms. The van der Waals surface area contributed by atoms with Gasteiger partial charge in [0.1, 0.15) is 12.4 Å². The summed E-state index contributed by atoms with van der Waals surface area (Å²) in [5, 5.41) is 3.26. The first-order chi connectivity index (χ1) is 10.3. The first kappa shape index (κ1) is 16.0. The van der Waals surface area contributed by atoms with Crippen molar-refractivity contribution in [1.82, 2.24) is 19.8 Å². The Labute approximate surface area is 126 Å². The van der Waals surface area contributed by atoms with Gasteiger partial charge in [-0.15, -0.1) is 0 Å². The predicted molar refractivity (Wildman–Crippen MR) is 80.9 cm³/mol. The van der Waals surface area contributed by atoms with Gasteiger partial charge in [-0.2, -0.15) is 0 Å². The van der Waals surface area contributed by atoms with Crippen LogP contribution in [-0.2, 0) is 22.6 Å². The van der Waals surface area contributed by atoms with Gasteiger partial charge >= 0.3 is 0 Å². The highest BCUT2D eigenvalue weighted by atomic mass is 16.5. The van der Waals surface area contributed by atoms with Crippen LogP contribution in [0.15, 0.2) is 12.4 Å². The van der Waals surface area contributed by atoms with Gasteiger partial charge in [-0.1, -0.05) is 12.8 Å². The van der Waals surface area contributed by atoms with Gasteiger partial charge in [0.05, 0.1) is 13.2 Å². The standard InChI is InChI=1S/C15H26N4O2/c1-21-11-7-16-12-14-17-6-10-19(14)13-15(20)18-8-4-2-3-5-9-18/h6,10,16H,2-5,7-9,11-13H2,1H3. The van der Waals surface area contributed by atoms with Crippen molar-refractivity contribution in [2.45, 2.75) is 38.8 Å². The van der Waals surface area contributed by atoms with Crippen LogP contribution in [0.1, 0.15) is 31.5 Å². The maximum Gasteiger partial charge on any atom is 0.242 e. The van der Waals surface area contributed by atoms with Crippen LogP contribution in [0.4, 0.5) is 0 Å². The number of amides is 1. The molecule has 1 aromatic rings. The number of imidazole rings is 1. The SMILES string of the molecule is COCCNCc1nccn1CC(=O)N1CCCCCC1. The maximum atomic E-state index is 12.4. The molecule has 2 rings (SSSR count). The monoisotopic (exact) mass is 294 g/mol. The summed E-state index contributed by atoms with van der Waals surface area (Å²) < 4.78 is 6.93. The minimum absolute atomic E-state index is 0.202. The molecule has 0 spiro atoms. The van der Waals surface area contributed by atoms with Gasteiger partial charge in [-0.25, -0.2) is 4.98 Å². The summed E-state index contributed by atoms with van der Waals surface area (Å²) in [5.41, 5.74) is 0. The van der Waals surface area contributed by atoms with Crippen molar-refractivity contribution in [1.29, 1.82) is 0 Å². The summed E-state index contributed by atoms with van der Waals surface area (Å²) in [6, 6.07) is 0. The van der Waals surface area contributed by atoms with Crippen LogP contribution >= 0.6 is 0 Å². The van der Waals surface area contributed by atoms with Crippen LogP contribution in [0.25, 0.3) is 0 Å². The summed E-state index contributed by atoms with van der Waals surface area (Å²) in [4.78, 5) is 18.7. The molecule has 118 valence electrons. The van der Waals surface area contributed by atoms with Gasteiger partial charge in [0.15, 0.2) is 0 Å². The summed E-state index contributed by atoms with van der Waals surface area (Å²) in [6.45, 7) is 4.30. The van der Waals surface area contributed by atoms with Gasteiger partial charge in [0.25, 0.3) is 0 Å². The molecule has 0 atom stereocenters. The second-order valence-electron chi connectivity index (χ2n) is 5.44. The third-order valence-electron chi connectivity index (χ3n) is 3.83. The summed E-state index contributed by atoms with van der Waals surface area (Å²) in [7, 11) is 1.68. The Kier molecular flexibility index (Phi) is 6.69. The second-order valence-corrected chi connectivity index (χ2v) is 5.44. The molecule has 1 amide bonds. The van der Waals surface area contributed by atoms with E-state index in [1.54, 1.807) is 13.3 Å². The first-order valence-corrected chi connectivity index (χ1v) is 7.78. The van der Waals surface area contributed by atoms with Crippen LogP contribution in [0.5, 0.6) is 0 Å². The van der Waals surface area contributed by atoms with E-state index in [9.17, 15) is 4.79 Å². The number of aromatic nitrogens is 2. The van der Waals surface area contributed by atoms with Crippen molar-refractivity contribution < 1.29 is 9.53 Å². The number of hydrogen-bond donors (Lipinski definition) is 1. The average Bonchev–Trinajstić information content (AvgIpc) is 2.76. The highest BCUT2D eigenvalue weighted by Gasteiger charge is 2.16. The smallest absolute Gasteiger partial charge is 0.242 e. The first-order valence-electron chi connectivity index (χ1n) is 7.78. The molecule has 2 heterocycles. The highest BCUT2D eigenvalue weighted by Crippen LogP contribution is 2.10. The fourth-order valence-corrected chi connectivity index (χ4v) is 2.59. The number of nitrogens with one attached hydrogen (secondary N) is 1. The van der Waals surface area contributed by atoms with E-state index in [0.717, 1.165) is 38.3 Å². The van der Waals surface area contributed by atoms with Crippen LogP contribution in [0.2, 0.25) is 0 Å². The molecule has 1 aromatic heterocycles. The molecule has 21 heavy (non-hydrogen) atoms. The van der Waals surface area contributed by atoms with Crippen molar-refractivity contribution in [2.75, 3.05) is 33.4 Å². The quantitative estimate of drug-likeness (QED) is 0.763. The number of hydrogen-bond acceptors (Lipinski definition) is 4. The number of rotatable bonds is 7. The van der Waals surface area contributed by atoms with E-state index in [0.29, 0.717) is 19.7 Å². The molecule has 1 fully saturated rings. The normalized spacial score (nSPS) is 16.0. The Bertz CT molecular complexity index is 425. The Morgan fingerprint density at radius 2 is 2.10 bits per heavy atom. The van der Waals surface area contributed by atoms with E-state index >= 15 is 0 Å². The third kappa shape index (κ3) is 5.13. The Morgan fingerprint density at radius 3 is 2.81 bits per heavy atom. The lowest BCUT2D eigenvalue weighted by atomic mass is 10.2. The van der Waals surface area contributed by atoms with Crippen molar-refractivity contribution >= 4 is 5.91 Å². The minimum Gasteiger partial charge on any atom is -0.383 e. The van der Waals surface area contributed by atoms with E-state index < -0.39 is 0 Å². The van der Waals surface area contributed by atoms with Crippen molar-refractivity contribution in [3.05, 3.63) is 18.2 Å². The lowest BCUT2D eigenvalue weighted by molar-refractivity contribution is -0.131. The predicted octanol–water partition coefficient (Wildman–Crippen LogP) is 1.02. The Morgan fingerprint density at radius 1 is 1.33 bits per heavy atom. The summed E-state index contributed by atoms with van der Waals surface area (Å²) >= 11 is 0. The van der Waals surface area contributed by atoms with E-state index in [2.05, 4.69) is 10.3 Å². The zero-order valence-electron chi connectivity index (χ0n) is 12.9. The van der Waals surface area contributed by atoms with Crippen molar-refractivity contribution in [3.8, 4) is 0 Å². The highest BCUT2D eigenvalue weighted by molar-refractivity contribution is 5.76. The largest absolute Gasteiger partial charge is 0.383 e. The number of ether oxygens (including phenoxy) is 1. The zero-order chi connectivity index (χ0) is 14.9. The summed E-state index contributed by atoms with van der Waals surface area (Å²) in [6.07, 6.45) is 8.36. The number of carbonyl (C=O) groups is 1. The van der Waals surface area contributed by atoms with Crippen LogP contribution in [0.3, 0.4) is 0 Å². The molecule has 0 bridgehead atoms. The number of methoxy groups -OCH3 is 1. The van der Waals surface area contributed by atoms with E-state index in [1.807, 2.05) is 15.7 Å². The molecule has 0 aliphatic carbocycles. The molecule has 6 nitrogen and oxygen atoms in total. The number of nitrogens with zero attached hydrogens (tertiary/aromatic N) is 3. The molecule has 0 saturated carbocycles. The lowest BCUT2D eigenvalue weighted by Gasteiger charge is -2.21. The van der Waals surface area contributed by atoms with E-state index in [1.165, 1.54) is 12.8 Å². The van der Waals surface area contributed by atoms with Gasteiger partial charge in [-0.05, 0) is 12.8 Å². The number of carbonyl (C=O) groups excluding carboxylic acids is 1. The van der Waals surface area contributed by atoms with E-state index in [4.69, 9.17) is 4.74 Å². The Balaban J connectivity index is 1.84. The van der Waals surface area contributed by atoms with Gasteiger partial charge in [0.2, 0.25) is 5.91 Å². The molecule has 0 aromatic carbocycles. The lowest BCUT2D eigenvalue weighted by Crippen LogP contribution is -2.35. The topological polar surface area (TPSA) is 59.4 Å². The minimum atomic E-state index is 0.202. The molecule has 0 radical (unpaired) electrons.